The zero-order valence-electron chi connectivity index (χ0n) is 20.7. The maximum Gasteiger partial charge on any atom is 0.471 e. The van der Waals surface area contributed by atoms with Gasteiger partial charge in [-0.05, 0) is 29.3 Å². The predicted molar refractivity (Wildman–Crippen MR) is 145 cm³/mol. The fraction of sp³-hybridized carbons (Fsp3) is 0.0667. The molecule has 0 radical (unpaired) electrons. The van der Waals surface area contributed by atoms with E-state index in [0.29, 0.717) is 22.3 Å². The van der Waals surface area contributed by atoms with E-state index >= 15 is 0 Å². The van der Waals surface area contributed by atoms with Crippen LogP contribution in [0.1, 0.15) is 5.69 Å². The summed E-state index contributed by atoms with van der Waals surface area (Å²) in [7, 11) is 0. The molecule has 1 amide bonds. The molecule has 2 N–H and O–H groups in total. The quantitative estimate of drug-likeness (QED) is 0.292. The van der Waals surface area contributed by atoms with Crippen LogP contribution in [0.5, 0.6) is 0 Å². The minimum atomic E-state index is -5.09. The van der Waals surface area contributed by atoms with Crippen molar-refractivity contribution in [3.05, 3.63) is 113 Å². The highest BCUT2D eigenvalue weighted by Crippen LogP contribution is 2.35. The Morgan fingerprint density at radius 2 is 1.55 bits per heavy atom. The minimum absolute atomic E-state index is 0.00151. The number of amides is 1. The Kier molecular flexibility index (Phi) is 6.14. The van der Waals surface area contributed by atoms with Gasteiger partial charge in [-0.3, -0.25) is 19.7 Å². The van der Waals surface area contributed by atoms with Gasteiger partial charge in [0, 0.05) is 17.1 Å². The van der Waals surface area contributed by atoms with Gasteiger partial charge in [-0.1, -0.05) is 72.8 Å². The number of nitrogens with zero attached hydrogens (tertiary/aromatic N) is 3. The molecule has 0 aliphatic rings. The standard InChI is InChI=1S/C30H20F3N5O2/c31-30(32,33)29(40)35-17-23-24(21-13-14-22-20(16-21)12-7-15-34-22)28(39)38-27(36-23)25(18-8-3-1-4-9-18)26(37-38)19-10-5-2-6-11-19/h1-16,37H,17H2,(H,35,40). The monoisotopic (exact) mass is 539 g/mol. The van der Waals surface area contributed by atoms with Crippen LogP contribution in [-0.4, -0.2) is 31.7 Å². The number of fused-ring (bicyclic) bond motifs is 2. The van der Waals surface area contributed by atoms with Crippen LogP contribution in [0.25, 0.3) is 50.1 Å². The van der Waals surface area contributed by atoms with Crippen molar-refractivity contribution in [1.29, 1.82) is 0 Å². The van der Waals surface area contributed by atoms with Crippen LogP contribution in [0.15, 0.2) is 102 Å². The van der Waals surface area contributed by atoms with Crippen molar-refractivity contribution in [2.75, 3.05) is 0 Å². The third-order valence-electron chi connectivity index (χ3n) is 6.55. The molecule has 0 fully saturated rings. The van der Waals surface area contributed by atoms with E-state index in [-0.39, 0.29) is 16.9 Å². The molecule has 40 heavy (non-hydrogen) atoms. The van der Waals surface area contributed by atoms with Gasteiger partial charge in [-0.25, -0.2) is 4.98 Å². The Balaban J connectivity index is 1.64. The topological polar surface area (TPSA) is 92.1 Å². The molecule has 0 aliphatic carbocycles. The number of hydrogen-bond acceptors (Lipinski definition) is 4. The average Bonchev–Trinajstić information content (AvgIpc) is 3.36. The Labute approximate surface area is 224 Å². The van der Waals surface area contributed by atoms with Gasteiger partial charge in [0.1, 0.15) is 0 Å². The van der Waals surface area contributed by atoms with Gasteiger partial charge in [0.05, 0.1) is 34.6 Å². The van der Waals surface area contributed by atoms with Gasteiger partial charge < -0.3 is 5.32 Å². The van der Waals surface area contributed by atoms with E-state index in [0.717, 1.165) is 16.5 Å². The molecule has 10 heteroatoms. The number of aromatic nitrogens is 4. The van der Waals surface area contributed by atoms with E-state index in [4.69, 9.17) is 4.98 Å². The van der Waals surface area contributed by atoms with Crippen molar-refractivity contribution in [3.8, 4) is 33.5 Å². The maximum absolute atomic E-state index is 14.1. The van der Waals surface area contributed by atoms with Crippen LogP contribution < -0.4 is 10.9 Å². The summed E-state index contributed by atoms with van der Waals surface area (Å²) in [6.07, 6.45) is -3.45. The van der Waals surface area contributed by atoms with Gasteiger partial charge in [-0.15, -0.1) is 0 Å². The molecule has 3 heterocycles. The summed E-state index contributed by atoms with van der Waals surface area (Å²) in [5.74, 6) is -2.12. The van der Waals surface area contributed by atoms with Crippen molar-refractivity contribution in [2.24, 2.45) is 0 Å². The highest BCUT2D eigenvalue weighted by Gasteiger charge is 2.38. The van der Waals surface area contributed by atoms with E-state index in [9.17, 15) is 22.8 Å². The highest BCUT2D eigenvalue weighted by atomic mass is 19.4. The summed E-state index contributed by atoms with van der Waals surface area (Å²) in [6.45, 7) is -0.607. The molecule has 0 saturated carbocycles. The van der Waals surface area contributed by atoms with Crippen molar-refractivity contribution in [2.45, 2.75) is 12.7 Å². The second kappa shape index (κ2) is 9.81. The number of halogens is 3. The number of rotatable bonds is 5. The third-order valence-corrected chi connectivity index (χ3v) is 6.55. The number of alkyl halides is 3. The Hall–Kier alpha value is -5.25. The lowest BCUT2D eigenvalue weighted by Crippen LogP contribution is -2.37. The lowest BCUT2D eigenvalue weighted by Gasteiger charge is -2.12. The van der Waals surface area contributed by atoms with Gasteiger partial charge in [0.15, 0.2) is 5.65 Å². The minimum Gasteiger partial charge on any atom is -0.343 e. The predicted octanol–water partition coefficient (Wildman–Crippen LogP) is 5.75. The zero-order chi connectivity index (χ0) is 27.9. The Morgan fingerprint density at radius 1 is 0.850 bits per heavy atom. The summed E-state index contributed by atoms with van der Waals surface area (Å²) < 4.78 is 40.4. The number of carbonyl (C=O) groups is 1. The molecule has 0 spiro atoms. The molecule has 0 aliphatic heterocycles. The Bertz CT molecular complexity index is 1930. The van der Waals surface area contributed by atoms with Gasteiger partial charge in [-0.2, -0.15) is 17.7 Å². The molecule has 6 rings (SSSR count). The second-order valence-electron chi connectivity index (χ2n) is 9.08. The largest absolute Gasteiger partial charge is 0.471 e. The number of H-pyrrole nitrogens is 1. The maximum atomic E-state index is 14.1. The van der Waals surface area contributed by atoms with Gasteiger partial charge in [0.25, 0.3) is 5.56 Å². The fourth-order valence-corrected chi connectivity index (χ4v) is 4.72. The fourth-order valence-electron chi connectivity index (χ4n) is 4.72. The summed E-state index contributed by atoms with van der Waals surface area (Å²) >= 11 is 0. The number of aromatic amines is 1. The molecule has 0 bridgehead atoms. The van der Waals surface area contributed by atoms with Crippen molar-refractivity contribution in [1.82, 2.24) is 24.9 Å². The zero-order valence-corrected chi connectivity index (χ0v) is 20.7. The number of pyridine rings is 1. The summed E-state index contributed by atoms with van der Waals surface area (Å²) in [5, 5.41) is 5.78. The molecule has 3 aromatic heterocycles. The molecule has 6 aromatic rings. The van der Waals surface area contributed by atoms with Crippen LogP contribution in [0.3, 0.4) is 0 Å². The lowest BCUT2D eigenvalue weighted by atomic mass is 10.0. The van der Waals surface area contributed by atoms with Crippen LogP contribution in [0.2, 0.25) is 0 Å². The molecular weight excluding hydrogens is 519 g/mol. The van der Waals surface area contributed by atoms with E-state index in [1.165, 1.54) is 4.52 Å². The first kappa shape index (κ1) is 25.1. The molecule has 198 valence electrons. The number of nitrogens with one attached hydrogen (secondary N) is 2. The van der Waals surface area contributed by atoms with Crippen LogP contribution in [0.4, 0.5) is 13.2 Å². The molecular formula is C30H20F3N5O2. The van der Waals surface area contributed by atoms with Gasteiger partial charge >= 0.3 is 12.1 Å². The molecule has 0 unspecified atom stereocenters. The lowest BCUT2D eigenvalue weighted by molar-refractivity contribution is -0.173. The summed E-state index contributed by atoms with van der Waals surface area (Å²) in [5.41, 5.74) is 3.63. The summed E-state index contributed by atoms with van der Waals surface area (Å²) in [6, 6.07) is 27.3. The van der Waals surface area contributed by atoms with Crippen molar-refractivity contribution in [3.63, 3.8) is 0 Å². The van der Waals surface area contributed by atoms with E-state index in [2.05, 4.69) is 10.1 Å². The van der Waals surface area contributed by atoms with E-state index in [1.54, 1.807) is 30.5 Å². The highest BCUT2D eigenvalue weighted by molar-refractivity contribution is 5.91. The third kappa shape index (κ3) is 4.49. The smallest absolute Gasteiger partial charge is 0.343 e. The second-order valence-corrected chi connectivity index (χ2v) is 9.08. The first-order chi connectivity index (χ1) is 19.3. The molecule has 0 atom stereocenters. The van der Waals surface area contributed by atoms with Crippen LogP contribution in [-0.2, 0) is 11.3 Å². The van der Waals surface area contributed by atoms with Crippen molar-refractivity contribution < 1.29 is 18.0 Å². The summed E-state index contributed by atoms with van der Waals surface area (Å²) in [4.78, 5) is 34.8. The normalized spacial score (nSPS) is 11.7. The van der Waals surface area contributed by atoms with Gasteiger partial charge in [0.2, 0.25) is 0 Å². The van der Waals surface area contributed by atoms with Crippen molar-refractivity contribution >= 4 is 22.5 Å². The Morgan fingerprint density at radius 3 is 2.25 bits per heavy atom. The molecule has 3 aromatic carbocycles. The number of carbonyl (C=O) groups excluding carboxylic acids is 1. The first-order valence-electron chi connectivity index (χ1n) is 12.3. The SMILES string of the molecule is O=C(NCc1nc2c(-c3ccccc3)c(-c3ccccc3)[nH]n2c(=O)c1-c1ccc2ncccc2c1)C(F)(F)F. The average molecular weight is 540 g/mol. The number of benzene rings is 3. The van der Waals surface area contributed by atoms with Crippen LogP contribution >= 0.6 is 0 Å². The number of hydrogen-bond donors (Lipinski definition) is 2. The first-order valence-corrected chi connectivity index (χ1v) is 12.3. The van der Waals surface area contributed by atoms with E-state index < -0.39 is 24.2 Å². The van der Waals surface area contributed by atoms with Crippen LogP contribution in [0, 0.1) is 0 Å². The molecule has 7 nitrogen and oxygen atoms in total. The van der Waals surface area contributed by atoms with E-state index in [1.807, 2.05) is 72.0 Å². The molecule has 0 saturated heterocycles.